The van der Waals surface area contributed by atoms with Gasteiger partial charge in [-0.05, 0) is 31.7 Å². The summed E-state index contributed by atoms with van der Waals surface area (Å²) in [5.74, 6) is 0. The van der Waals surface area contributed by atoms with Crippen LogP contribution in [0, 0.1) is 0 Å². The van der Waals surface area contributed by atoms with Crippen molar-refractivity contribution >= 4 is 0 Å². The number of rotatable bonds is 4. The van der Waals surface area contributed by atoms with Gasteiger partial charge in [0.2, 0.25) is 0 Å². The van der Waals surface area contributed by atoms with Crippen LogP contribution in [0.1, 0.15) is 64.0 Å². The molecule has 1 saturated carbocycles. The Morgan fingerprint density at radius 3 is 2.57 bits per heavy atom. The highest BCUT2D eigenvalue weighted by atomic mass is 15.3. The monoisotopic (exact) mass is 286 g/mol. The molecule has 1 heterocycles. The third-order valence-electron chi connectivity index (χ3n) is 5.59. The first kappa shape index (κ1) is 15.1. The Labute approximate surface area is 129 Å². The molecule has 2 unspecified atom stereocenters. The van der Waals surface area contributed by atoms with Crippen LogP contribution in [-0.2, 0) is 0 Å². The minimum absolute atomic E-state index is 0.411. The van der Waals surface area contributed by atoms with E-state index in [2.05, 4.69) is 54.4 Å². The van der Waals surface area contributed by atoms with Crippen molar-refractivity contribution in [2.45, 2.75) is 70.0 Å². The zero-order valence-corrected chi connectivity index (χ0v) is 13.6. The van der Waals surface area contributed by atoms with E-state index in [1.54, 1.807) is 0 Å². The zero-order chi connectivity index (χ0) is 14.7. The molecule has 0 bridgehead atoms. The van der Waals surface area contributed by atoms with E-state index in [9.17, 15) is 0 Å². The number of piperazine rings is 1. The Hall–Kier alpha value is -0.860. The van der Waals surface area contributed by atoms with Crippen LogP contribution in [0.25, 0.3) is 0 Å². The van der Waals surface area contributed by atoms with Crippen molar-refractivity contribution < 1.29 is 0 Å². The minimum atomic E-state index is 0.411. The highest BCUT2D eigenvalue weighted by Crippen LogP contribution is 2.41. The van der Waals surface area contributed by atoms with Gasteiger partial charge in [-0.2, -0.15) is 0 Å². The van der Waals surface area contributed by atoms with Crippen LogP contribution in [0.4, 0.5) is 0 Å². The molecule has 1 aromatic rings. The van der Waals surface area contributed by atoms with Gasteiger partial charge in [-0.3, -0.25) is 4.90 Å². The van der Waals surface area contributed by atoms with E-state index in [0.29, 0.717) is 17.6 Å². The molecule has 1 aromatic carbocycles. The van der Waals surface area contributed by atoms with Gasteiger partial charge in [-0.1, -0.05) is 56.5 Å². The van der Waals surface area contributed by atoms with Crippen molar-refractivity contribution in [3.63, 3.8) is 0 Å². The van der Waals surface area contributed by atoms with Crippen LogP contribution in [0.5, 0.6) is 0 Å². The minimum Gasteiger partial charge on any atom is -0.311 e. The highest BCUT2D eigenvalue weighted by molar-refractivity contribution is 5.21. The molecule has 1 saturated heterocycles. The van der Waals surface area contributed by atoms with E-state index in [0.717, 1.165) is 6.54 Å². The molecule has 1 aliphatic heterocycles. The van der Waals surface area contributed by atoms with Crippen LogP contribution in [0.3, 0.4) is 0 Å². The van der Waals surface area contributed by atoms with E-state index in [1.807, 2.05) is 0 Å². The summed E-state index contributed by atoms with van der Waals surface area (Å²) in [6, 6.07) is 12.3. The van der Waals surface area contributed by atoms with Gasteiger partial charge < -0.3 is 5.32 Å². The van der Waals surface area contributed by atoms with Gasteiger partial charge in [0.1, 0.15) is 0 Å². The molecule has 2 aliphatic rings. The summed E-state index contributed by atoms with van der Waals surface area (Å²) < 4.78 is 0. The van der Waals surface area contributed by atoms with Gasteiger partial charge >= 0.3 is 0 Å². The van der Waals surface area contributed by atoms with Crippen molar-refractivity contribution in [3.05, 3.63) is 35.9 Å². The van der Waals surface area contributed by atoms with Crippen molar-refractivity contribution in [2.24, 2.45) is 0 Å². The number of hydrogen-bond acceptors (Lipinski definition) is 2. The topological polar surface area (TPSA) is 15.3 Å². The lowest BCUT2D eigenvalue weighted by Gasteiger charge is -2.49. The molecule has 0 spiro atoms. The van der Waals surface area contributed by atoms with E-state index >= 15 is 0 Å². The third-order valence-corrected chi connectivity index (χ3v) is 5.59. The maximum atomic E-state index is 3.80. The molecule has 116 valence electrons. The average molecular weight is 286 g/mol. The lowest BCUT2D eigenvalue weighted by Crippen LogP contribution is -2.59. The van der Waals surface area contributed by atoms with Crippen molar-refractivity contribution in [1.29, 1.82) is 0 Å². The first-order chi connectivity index (χ1) is 10.2. The number of nitrogens with zero attached hydrogens (tertiary/aromatic N) is 1. The summed E-state index contributed by atoms with van der Waals surface area (Å²) in [5, 5.41) is 3.80. The number of benzene rings is 1. The molecule has 2 nitrogen and oxygen atoms in total. The van der Waals surface area contributed by atoms with Crippen LogP contribution in [-0.4, -0.2) is 29.6 Å². The second-order valence-corrected chi connectivity index (χ2v) is 7.18. The van der Waals surface area contributed by atoms with Gasteiger partial charge in [0.25, 0.3) is 0 Å². The predicted molar refractivity (Wildman–Crippen MR) is 89.5 cm³/mol. The zero-order valence-electron chi connectivity index (χ0n) is 13.6. The summed E-state index contributed by atoms with van der Waals surface area (Å²) >= 11 is 0. The SMILES string of the molecule is CCCC1CN(C2(C)CCCC2)C(c2ccccc2)CN1. The smallest absolute Gasteiger partial charge is 0.0478 e. The van der Waals surface area contributed by atoms with E-state index in [-0.39, 0.29) is 0 Å². The molecule has 0 amide bonds. The van der Waals surface area contributed by atoms with Crippen LogP contribution >= 0.6 is 0 Å². The number of hydrogen-bond donors (Lipinski definition) is 1. The fourth-order valence-electron chi connectivity index (χ4n) is 4.35. The molecular weight excluding hydrogens is 256 g/mol. The Bertz CT molecular complexity index is 436. The first-order valence-electron chi connectivity index (χ1n) is 8.78. The number of nitrogens with one attached hydrogen (secondary N) is 1. The van der Waals surface area contributed by atoms with E-state index in [1.165, 1.54) is 50.6 Å². The van der Waals surface area contributed by atoms with Gasteiger partial charge in [-0.15, -0.1) is 0 Å². The third kappa shape index (κ3) is 3.17. The van der Waals surface area contributed by atoms with Crippen LogP contribution in [0.15, 0.2) is 30.3 Å². The Morgan fingerprint density at radius 2 is 1.90 bits per heavy atom. The molecule has 1 aliphatic carbocycles. The van der Waals surface area contributed by atoms with E-state index < -0.39 is 0 Å². The van der Waals surface area contributed by atoms with Crippen LogP contribution < -0.4 is 5.32 Å². The van der Waals surface area contributed by atoms with Crippen molar-refractivity contribution in [1.82, 2.24) is 10.2 Å². The van der Waals surface area contributed by atoms with Crippen LogP contribution in [0.2, 0.25) is 0 Å². The maximum Gasteiger partial charge on any atom is 0.0478 e. The summed E-state index contributed by atoms with van der Waals surface area (Å²) in [6.07, 6.45) is 8.12. The van der Waals surface area contributed by atoms with Gasteiger partial charge in [0.05, 0.1) is 0 Å². The van der Waals surface area contributed by atoms with Gasteiger partial charge in [0, 0.05) is 30.7 Å². The predicted octanol–water partition coefficient (Wildman–Crippen LogP) is 4.13. The molecular formula is C19H30N2. The first-order valence-corrected chi connectivity index (χ1v) is 8.78. The molecule has 2 atom stereocenters. The molecule has 0 aromatic heterocycles. The van der Waals surface area contributed by atoms with Crippen molar-refractivity contribution in [2.75, 3.05) is 13.1 Å². The molecule has 2 fully saturated rings. The Kier molecular flexibility index (Phi) is 4.66. The fraction of sp³-hybridized carbons (Fsp3) is 0.684. The summed E-state index contributed by atoms with van der Waals surface area (Å²) in [4.78, 5) is 2.84. The lowest BCUT2D eigenvalue weighted by molar-refractivity contribution is 0.0206. The second-order valence-electron chi connectivity index (χ2n) is 7.18. The fourth-order valence-corrected chi connectivity index (χ4v) is 4.35. The Morgan fingerprint density at radius 1 is 1.19 bits per heavy atom. The summed E-state index contributed by atoms with van der Waals surface area (Å²) in [5.41, 5.74) is 1.89. The lowest BCUT2D eigenvalue weighted by atomic mass is 9.89. The summed E-state index contributed by atoms with van der Waals surface area (Å²) in [6.45, 7) is 7.12. The summed E-state index contributed by atoms with van der Waals surface area (Å²) in [7, 11) is 0. The van der Waals surface area contributed by atoms with Crippen molar-refractivity contribution in [3.8, 4) is 0 Å². The normalized spacial score (nSPS) is 29.6. The highest BCUT2D eigenvalue weighted by Gasteiger charge is 2.42. The van der Waals surface area contributed by atoms with Gasteiger partial charge in [-0.25, -0.2) is 0 Å². The maximum absolute atomic E-state index is 3.80. The second kappa shape index (κ2) is 6.50. The standard InChI is InChI=1S/C19H30N2/c1-3-9-17-15-21(19(2)12-7-8-13-19)18(14-20-17)16-10-5-4-6-11-16/h4-6,10-11,17-18,20H,3,7-9,12-15H2,1-2H3. The Balaban J connectivity index is 1.84. The van der Waals surface area contributed by atoms with E-state index in [4.69, 9.17) is 0 Å². The average Bonchev–Trinajstić information content (AvgIpc) is 2.96. The molecule has 3 rings (SSSR count). The quantitative estimate of drug-likeness (QED) is 0.895. The molecule has 21 heavy (non-hydrogen) atoms. The molecule has 0 radical (unpaired) electrons. The van der Waals surface area contributed by atoms with Gasteiger partial charge in [0.15, 0.2) is 0 Å². The molecule has 1 N–H and O–H groups in total. The largest absolute Gasteiger partial charge is 0.311 e. The molecule has 2 heteroatoms.